The van der Waals surface area contributed by atoms with Crippen molar-refractivity contribution >= 4 is 5.97 Å². The lowest BCUT2D eigenvalue weighted by molar-refractivity contribution is -0.150. The molecule has 4 heteroatoms. The molecule has 0 aromatic carbocycles. The van der Waals surface area contributed by atoms with E-state index in [2.05, 4.69) is 0 Å². The Morgan fingerprint density at radius 1 is 1.83 bits per heavy atom. The van der Waals surface area contributed by atoms with Crippen LogP contribution in [-0.4, -0.2) is 37.0 Å². The lowest BCUT2D eigenvalue weighted by atomic mass is 10.1. The molecular formula is C8H14O4. The molecule has 0 aromatic rings. The van der Waals surface area contributed by atoms with Gasteiger partial charge in [0.15, 0.2) is 6.10 Å². The highest BCUT2D eigenvalue weighted by Gasteiger charge is 2.24. The number of carbonyl (C=O) groups is 1. The van der Waals surface area contributed by atoms with Gasteiger partial charge in [-0.3, -0.25) is 0 Å². The first-order chi connectivity index (χ1) is 5.74. The van der Waals surface area contributed by atoms with Gasteiger partial charge in [-0.2, -0.15) is 0 Å². The minimum atomic E-state index is -0.909. The highest BCUT2D eigenvalue weighted by atomic mass is 16.5. The largest absolute Gasteiger partial charge is 0.479 e. The Labute approximate surface area is 71.5 Å². The van der Waals surface area contributed by atoms with Crippen LogP contribution in [0.2, 0.25) is 0 Å². The highest BCUT2D eigenvalue weighted by Crippen LogP contribution is 2.17. The molecule has 70 valence electrons. The summed E-state index contributed by atoms with van der Waals surface area (Å²) in [5.41, 5.74) is 0. The Morgan fingerprint density at radius 3 is 3.00 bits per heavy atom. The molecule has 4 nitrogen and oxygen atoms in total. The molecule has 0 amide bonds. The molecule has 1 rings (SSSR count). The minimum absolute atomic E-state index is 0.0750. The van der Waals surface area contributed by atoms with Gasteiger partial charge < -0.3 is 14.6 Å². The fourth-order valence-corrected chi connectivity index (χ4v) is 1.37. The van der Waals surface area contributed by atoms with Crippen LogP contribution in [0.3, 0.4) is 0 Å². The van der Waals surface area contributed by atoms with Crippen molar-refractivity contribution in [1.29, 1.82) is 0 Å². The summed E-state index contributed by atoms with van der Waals surface area (Å²) in [6, 6.07) is 0. The lowest BCUT2D eigenvalue weighted by Gasteiger charge is -2.14. The average molecular weight is 174 g/mol. The third-order valence-electron chi connectivity index (χ3n) is 2.06. The van der Waals surface area contributed by atoms with Crippen LogP contribution in [0.5, 0.6) is 0 Å². The molecule has 1 saturated heterocycles. The van der Waals surface area contributed by atoms with Gasteiger partial charge in [0.1, 0.15) is 0 Å². The summed E-state index contributed by atoms with van der Waals surface area (Å²) in [6.07, 6.45) is 1.80. The fourth-order valence-electron chi connectivity index (χ4n) is 1.37. The van der Waals surface area contributed by atoms with Crippen molar-refractivity contribution < 1.29 is 19.4 Å². The first-order valence-electron chi connectivity index (χ1n) is 4.11. The van der Waals surface area contributed by atoms with Crippen LogP contribution < -0.4 is 0 Å². The molecule has 1 fully saturated rings. The highest BCUT2D eigenvalue weighted by molar-refractivity contribution is 5.72. The summed E-state index contributed by atoms with van der Waals surface area (Å²) < 4.78 is 10.1. The van der Waals surface area contributed by atoms with Crippen LogP contribution in [0.4, 0.5) is 0 Å². The first kappa shape index (κ1) is 9.48. The Bertz CT molecular complexity index is 151. The molecular weight excluding hydrogens is 160 g/mol. The standard InChI is InChI=1S/C8H14O4/c1-11-7(8(9)10)5-6-3-2-4-12-6/h6-7H,2-5H2,1H3,(H,9,10). The number of methoxy groups -OCH3 is 1. The molecule has 0 saturated carbocycles. The van der Waals surface area contributed by atoms with E-state index in [4.69, 9.17) is 14.6 Å². The second kappa shape index (κ2) is 4.42. The van der Waals surface area contributed by atoms with E-state index in [1.807, 2.05) is 0 Å². The topological polar surface area (TPSA) is 55.8 Å². The van der Waals surface area contributed by atoms with Gasteiger partial charge in [0.2, 0.25) is 0 Å². The molecule has 0 spiro atoms. The summed E-state index contributed by atoms with van der Waals surface area (Å²) in [4.78, 5) is 10.5. The quantitative estimate of drug-likeness (QED) is 0.680. The van der Waals surface area contributed by atoms with Gasteiger partial charge in [-0.1, -0.05) is 0 Å². The number of carboxylic acid groups (broad SMARTS) is 1. The van der Waals surface area contributed by atoms with Crippen molar-refractivity contribution in [2.24, 2.45) is 0 Å². The van der Waals surface area contributed by atoms with Gasteiger partial charge in [0.25, 0.3) is 0 Å². The first-order valence-corrected chi connectivity index (χ1v) is 4.11. The predicted molar refractivity (Wildman–Crippen MR) is 42.0 cm³/mol. The van der Waals surface area contributed by atoms with Gasteiger partial charge in [0.05, 0.1) is 6.10 Å². The second-order valence-electron chi connectivity index (χ2n) is 2.93. The van der Waals surface area contributed by atoms with E-state index in [1.165, 1.54) is 7.11 Å². The molecule has 0 bridgehead atoms. The van der Waals surface area contributed by atoms with E-state index in [0.717, 1.165) is 19.4 Å². The van der Waals surface area contributed by atoms with E-state index < -0.39 is 12.1 Å². The molecule has 0 aliphatic carbocycles. The maximum Gasteiger partial charge on any atom is 0.332 e. The number of ether oxygens (including phenoxy) is 2. The Morgan fingerprint density at radius 2 is 2.58 bits per heavy atom. The van der Waals surface area contributed by atoms with Crippen LogP contribution in [-0.2, 0) is 14.3 Å². The van der Waals surface area contributed by atoms with Crippen LogP contribution >= 0.6 is 0 Å². The molecule has 12 heavy (non-hydrogen) atoms. The zero-order chi connectivity index (χ0) is 8.97. The van der Waals surface area contributed by atoms with Crippen molar-refractivity contribution in [1.82, 2.24) is 0 Å². The summed E-state index contributed by atoms with van der Waals surface area (Å²) in [6.45, 7) is 0.751. The second-order valence-corrected chi connectivity index (χ2v) is 2.93. The van der Waals surface area contributed by atoms with Crippen molar-refractivity contribution in [2.75, 3.05) is 13.7 Å². The number of carboxylic acids is 1. The van der Waals surface area contributed by atoms with Crippen molar-refractivity contribution in [3.63, 3.8) is 0 Å². The Balaban J connectivity index is 2.30. The summed E-state index contributed by atoms with van der Waals surface area (Å²) >= 11 is 0. The van der Waals surface area contributed by atoms with Crippen molar-refractivity contribution in [2.45, 2.75) is 31.5 Å². The number of aliphatic carboxylic acids is 1. The molecule has 1 heterocycles. The molecule has 0 aromatic heterocycles. The van der Waals surface area contributed by atoms with Crippen LogP contribution in [0.15, 0.2) is 0 Å². The smallest absolute Gasteiger partial charge is 0.332 e. The fraction of sp³-hybridized carbons (Fsp3) is 0.875. The zero-order valence-electron chi connectivity index (χ0n) is 7.16. The van der Waals surface area contributed by atoms with Crippen LogP contribution in [0, 0.1) is 0 Å². The number of hydrogen-bond donors (Lipinski definition) is 1. The monoisotopic (exact) mass is 174 g/mol. The lowest BCUT2D eigenvalue weighted by Crippen LogP contribution is -2.27. The Kier molecular flexibility index (Phi) is 3.49. The van der Waals surface area contributed by atoms with E-state index >= 15 is 0 Å². The Hall–Kier alpha value is -0.610. The SMILES string of the molecule is COC(CC1CCCO1)C(=O)O. The maximum absolute atomic E-state index is 10.5. The molecule has 1 aliphatic heterocycles. The number of rotatable bonds is 4. The summed E-state index contributed by atoms with van der Waals surface area (Å²) in [5.74, 6) is -0.909. The number of hydrogen-bond acceptors (Lipinski definition) is 3. The summed E-state index contributed by atoms with van der Waals surface area (Å²) in [5, 5.41) is 8.65. The van der Waals surface area contributed by atoms with E-state index in [-0.39, 0.29) is 6.10 Å². The van der Waals surface area contributed by atoms with Gasteiger partial charge in [-0.05, 0) is 12.8 Å². The minimum Gasteiger partial charge on any atom is -0.479 e. The zero-order valence-corrected chi connectivity index (χ0v) is 7.16. The van der Waals surface area contributed by atoms with E-state index in [1.54, 1.807) is 0 Å². The molecule has 0 radical (unpaired) electrons. The van der Waals surface area contributed by atoms with Crippen molar-refractivity contribution in [3.05, 3.63) is 0 Å². The predicted octanol–water partition coefficient (Wildman–Crippen LogP) is 0.655. The van der Waals surface area contributed by atoms with Gasteiger partial charge in [0, 0.05) is 20.1 Å². The van der Waals surface area contributed by atoms with E-state index in [0.29, 0.717) is 6.42 Å². The maximum atomic E-state index is 10.5. The van der Waals surface area contributed by atoms with Gasteiger partial charge in [-0.25, -0.2) is 4.79 Å². The normalized spacial score (nSPS) is 25.6. The van der Waals surface area contributed by atoms with Crippen LogP contribution in [0.1, 0.15) is 19.3 Å². The van der Waals surface area contributed by atoms with Gasteiger partial charge >= 0.3 is 5.97 Å². The molecule has 2 unspecified atom stereocenters. The van der Waals surface area contributed by atoms with Crippen molar-refractivity contribution in [3.8, 4) is 0 Å². The third kappa shape index (κ3) is 2.46. The van der Waals surface area contributed by atoms with Crippen LogP contribution in [0.25, 0.3) is 0 Å². The van der Waals surface area contributed by atoms with E-state index in [9.17, 15) is 4.79 Å². The summed E-state index contributed by atoms with van der Waals surface area (Å²) in [7, 11) is 1.41. The third-order valence-corrected chi connectivity index (χ3v) is 2.06. The van der Waals surface area contributed by atoms with Gasteiger partial charge in [-0.15, -0.1) is 0 Å². The molecule has 1 N–H and O–H groups in total. The average Bonchev–Trinajstić information content (AvgIpc) is 2.51. The molecule has 2 atom stereocenters. The molecule has 1 aliphatic rings.